The summed E-state index contributed by atoms with van der Waals surface area (Å²) in [6.45, 7) is 1.86. The van der Waals surface area contributed by atoms with Crippen molar-refractivity contribution >= 4 is 17.3 Å². The lowest BCUT2D eigenvalue weighted by Crippen LogP contribution is -2.36. The smallest absolute Gasteiger partial charge is 0.387 e. The molecular weight excluding hydrogens is 362 g/mol. The molecule has 0 fully saturated rings. The summed E-state index contributed by atoms with van der Waals surface area (Å²) >= 11 is 1.62. The topological polar surface area (TPSA) is 67.8 Å². The van der Waals surface area contributed by atoms with Crippen molar-refractivity contribution in [2.75, 3.05) is 14.2 Å². The fourth-order valence-electron chi connectivity index (χ4n) is 2.33. The maximum Gasteiger partial charge on any atom is 0.387 e. The van der Waals surface area contributed by atoms with E-state index in [0.29, 0.717) is 23.8 Å². The van der Waals surface area contributed by atoms with Gasteiger partial charge in [-0.1, -0.05) is 0 Å². The minimum absolute atomic E-state index is 0.0951. The molecule has 0 unspecified atom stereocenters. The number of alkyl halides is 2. The van der Waals surface area contributed by atoms with E-state index in [1.54, 1.807) is 30.5 Å². The molecule has 0 amide bonds. The molecule has 0 radical (unpaired) electrons. The van der Waals surface area contributed by atoms with E-state index >= 15 is 0 Å². The van der Waals surface area contributed by atoms with Crippen LogP contribution in [0.15, 0.2) is 23.2 Å². The van der Waals surface area contributed by atoms with Gasteiger partial charge in [0.15, 0.2) is 5.96 Å². The van der Waals surface area contributed by atoms with Gasteiger partial charge < -0.3 is 20.1 Å². The van der Waals surface area contributed by atoms with Crippen molar-refractivity contribution in [3.63, 3.8) is 0 Å². The minimum Gasteiger partial charge on any atom is -0.497 e. The van der Waals surface area contributed by atoms with E-state index in [2.05, 4.69) is 25.3 Å². The number of thiazole rings is 1. The lowest BCUT2D eigenvalue weighted by molar-refractivity contribution is -0.0504. The molecule has 26 heavy (non-hydrogen) atoms. The monoisotopic (exact) mass is 384 g/mol. The van der Waals surface area contributed by atoms with Gasteiger partial charge in [0, 0.05) is 24.0 Å². The molecule has 2 rings (SSSR count). The summed E-state index contributed by atoms with van der Waals surface area (Å²) in [6, 6.07) is 4.68. The third-order valence-corrected chi connectivity index (χ3v) is 4.64. The highest BCUT2D eigenvalue weighted by Crippen LogP contribution is 2.25. The molecule has 2 N–H and O–H groups in total. The summed E-state index contributed by atoms with van der Waals surface area (Å²) in [5.41, 5.74) is 1.52. The molecule has 2 aromatic rings. The molecule has 1 aromatic carbocycles. The van der Waals surface area contributed by atoms with Crippen LogP contribution in [0.1, 0.15) is 21.1 Å². The number of hydrogen-bond donors (Lipinski definition) is 2. The van der Waals surface area contributed by atoms with Crippen molar-refractivity contribution in [2.24, 2.45) is 4.99 Å². The SMILES string of the molecule is CN=C(NCc1cc(OC)ccc1OC(F)F)NCc1sc(C)nc1C. The van der Waals surface area contributed by atoms with Gasteiger partial charge in [0.25, 0.3) is 0 Å². The average molecular weight is 384 g/mol. The zero-order chi connectivity index (χ0) is 19.1. The zero-order valence-electron chi connectivity index (χ0n) is 15.1. The van der Waals surface area contributed by atoms with E-state index in [1.165, 1.54) is 13.2 Å². The average Bonchev–Trinajstić information content (AvgIpc) is 2.93. The predicted molar refractivity (Wildman–Crippen MR) is 98.3 cm³/mol. The number of nitrogens with zero attached hydrogens (tertiary/aromatic N) is 2. The van der Waals surface area contributed by atoms with Crippen LogP contribution in [0.2, 0.25) is 0 Å². The van der Waals surface area contributed by atoms with E-state index in [0.717, 1.165) is 15.6 Å². The molecule has 6 nitrogen and oxygen atoms in total. The molecule has 0 saturated carbocycles. The summed E-state index contributed by atoms with van der Waals surface area (Å²) in [6.07, 6.45) is 0. The second-order valence-electron chi connectivity index (χ2n) is 5.37. The third-order valence-electron chi connectivity index (χ3n) is 3.57. The van der Waals surface area contributed by atoms with Gasteiger partial charge in [-0.15, -0.1) is 11.3 Å². The number of nitrogens with one attached hydrogen (secondary N) is 2. The second-order valence-corrected chi connectivity index (χ2v) is 6.66. The van der Waals surface area contributed by atoms with Crippen LogP contribution in [-0.4, -0.2) is 31.7 Å². The third kappa shape index (κ3) is 5.55. The van der Waals surface area contributed by atoms with Gasteiger partial charge in [-0.3, -0.25) is 4.99 Å². The van der Waals surface area contributed by atoms with Gasteiger partial charge in [0.1, 0.15) is 11.5 Å². The number of halogens is 2. The Kier molecular flexibility index (Phi) is 7.14. The number of guanidine groups is 1. The summed E-state index contributed by atoms with van der Waals surface area (Å²) in [4.78, 5) is 9.65. The predicted octanol–water partition coefficient (Wildman–Crippen LogP) is 3.24. The van der Waals surface area contributed by atoms with Crippen LogP contribution in [0.4, 0.5) is 8.78 Å². The number of aryl methyl sites for hydroxylation is 2. The van der Waals surface area contributed by atoms with Gasteiger partial charge in [0.05, 0.1) is 24.4 Å². The van der Waals surface area contributed by atoms with Gasteiger partial charge in [-0.25, -0.2) is 4.98 Å². The van der Waals surface area contributed by atoms with Gasteiger partial charge in [-0.05, 0) is 32.0 Å². The Morgan fingerprint density at radius 3 is 2.58 bits per heavy atom. The highest BCUT2D eigenvalue weighted by molar-refractivity contribution is 7.11. The van der Waals surface area contributed by atoms with Crippen LogP contribution in [0.25, 0.3) is 0 Å². The lowest BCUT2D eigenvalue weighted by atomic mass is 10.2. The Morgan fingerprint density at radius 2 is 2.00 bits per heavy atom. The molecule has 142 valence electrons. The molecule has 1 heterocycles. The van der Waals surface area contributed by atoms with E-state index < -0.39 is 6.61 Å². The van der Waals surface area contributed by atoms with Gasteiger partial charge >= 0.3 is 6.61 Å². The number of benzene rings is 1. The molecular formula is C17H22F2N4O2S. The van der Waals surface area contributed by atoms with Crippen molar-refractivity contribution < 1.29 is 18.3 Å². The molecule has 9 heteroatoms. The molecule has 0 aliphatic heterocycles. The van der Waals surface area contributed by atoms with Crippen molar-refractivity contribution in [3.05, 3.63) is 39.3 Å². The van der Waals surface area contributed by atoms with E-state index in [9.17, 15) is 8.78 Å². The highest BCUT2D eigenvalue weighted by atomic mass is 32.1. The zero-order valence-corrected chi connectivity index (χ0v) is 15.9. The Bertz CT molecular complexity index is 765. The Balaban J connectivity index is 2.02. The number of methoxy groups -OCH3 is 1. The van der Waals surface area contributed by atoms with Crippen LogP contribution in [0.5, 0.6) is 11.5 Å². The van der Waals surface area contributed by atoms with Crippen molar-refractivity contribution in [1.82, 2.24) is 15.6 Å². The van der Waals surface area contributed by atoms with Gasteiger partial charge in [-0.2, -0.15) is 8.78 Å². The minimum atomic E-state index is -2.89. The molecule has 0 bridgehead atoms. The summed E-state index contributed by atoms with van der Waals surface area (Å²) in [5, 5.41) is 7.28. The first-order valence-electron chi connectivity index (χ1n) is 7.92. The molecule has 0 spiro atoms. The molecule has 1 aromatic heterocycles. The largest absolute Gasteiger partial charge is 0.497 e. The number of aliphatic imine (C=N–C) groups is 1. The number of rotatable bonds is 7. The Labute approximate surface area is 155 Å². The maximum absolute atomic E-state index is 12.6. The van der Waals surface area contributed by atoms with Crippen LogP contribution < -0.4 is 20.1 Å². The summed E-state index contributed by atoms with van der Waals surface area (Å²) < 4.78 is 34.9. The quantitative estimate of drug-likeness (QED) is 0.567. The van der Waals surface area contributed by atoms with Crippen molar-refractivity contribution in [1.29, 1.82) is 0 Å². The first-order valence-corrected chi connectivity index (χ1v) is 8.73. The highest BCUT2D eigenvalue weighted by Gasteiger charge is 2.12. The molecule has 0 saturated heterocycles. The number of hydrogen-bond acceptors (Lipinski definition) is 5. The first-order chi connectivity index (χ1) is 12.4. The fourth-order valence-corrected chi connectivity index (χ4v) is 3.21. The molecule has 0 aliphatic rings. The molecule has 0 atom stereocenters. The van der Waals surface area contributed by atoms with Crippen LogP contribution >= 0.6 is 11.3 Å². The second kappa shape index (κ2) is 9.33. The standard InChI is InChI=1S/C17H22F2N4O2S/c1-10-15(26-11(2)23-10)9-22-17(20-3)21-8-12-7-13(24-4)5-6-14(12)25-16(18)19/h5-7,16H,8-9H2,1-4H3,(H2,20,21,22). The lowest BCUT2D eigenvalue weighted by Gasteiger charge is -2.15. The van der Waals surface area contributed by atoms with E-state index in [-0.39, 0.29) is 12.3 Å². The molecule has 0 aliphatic carbocycles. The van der Waals surface area contributed by atoms with E-state index in [4.69, 9.17) is 4.74 Å². The van der Waals surface area contributed by atoms with E-state index in [1.807, 2.05) is 13.8 Å². The summed E-state index contributed by atoms with van der Waals surface area (Å²) in [7, 11) is 3.16. The summed E-state index contributed by atoms with van der Waals surface area (Å²) in [5.74, 6) is 1.20. The normalized spacial score (nSPS) is 11.6. The van der Waals surface area contributed by atoms with Crippen LogP contribution in [0, 0.1) is 13.8 Å². The Morgan fingerprint density at radius 1 is 1.27 bits per heavy atom. The maximum atomic E-state index is 12.6. The van der Waals surface area contributed by atoms with Gasteiger partial charge in [0.2, 0.25) is 0 Å². The fraction of sp³-hybridized carbons (Fsp3) is 0.412. The Hall–Kier alpha value is -2.42. The first kappa shape index (κ1) is 19.9. The van der Waals surface area contributed by atoms with Crippen molar-refractivity contribution in [2.45, 2.75) is 33.5 Å². The number of ether oxygens (including phenoxy) is 2. The van der Waals surface area contributed by atoms with Crippen molar-refractivity contribution in [3.8, 4) is 11.5 Å². The van der Waals surface area contributed by atoms with Crippen LogP contribution in [0.3, 0.4) is 0 Å². The van der Waals surface area contributed by atoms with Crippen LogP contribution in [-0.2, 0) is 13.1 Å². The number of aromatic nitrogens is 1.